The lowest BCUT2D eigenvalue weighted by Crippen LogP contribution is -2.52. The minimum Gasteiger partial charge on any atom is -0.476 e. The Balaban J connectivity index is 2.01. The highest BCUT2D eigenvalue weighted by Crippen LogP contribution is 2.40. The first-order valence-corrected chi connectivity index (χ1v) is 10.6. The molecule has 0 aromatic heterocycles. The van der Waals surface area contributed by atoms with Crippen LogP contribution in [0, 0.1) is 0 Å². The summed E-state index contributed by atoms with van der Waals surface area (Å²) in [5, 5.41) is 4.01. The maximum Gasteiger partial charge on any atom is 0.271 e. The highest BCUT2D eigenvalue weighted by Gasteiger charge is 2.41. The van der Waals surface area contributed by atoms with E-state index in [1.54, 1.807) is 55.1 Å². The molecule has 2 aromatic carbocycles. The molecule has 0 aliphatic carbocycles. The van der Waals surface area contributed by atoms with E-state index in [-0.39, 0.29) is 23.9 Å². The van der Waals surface area contributed by atoms with Crippen LogP contribution < -0.4 is 15.0 Å². The molecule has 1 heterocycles. The Kier molecular flexibility index (Phi) is 6.08. The zero-order valence-corrected chi connectivity index (χ0v) is 19.3. The molecule has 0 saturated carbocycles. The summed E-state index contributed by atoms with van der Waals surface area (Å²) in [6.45, 7) is 9.62. The van der Waals surface area contributed by atoms with Gasteiger partial charge in [-0.15, -0.1) is 0 Å². The second-order valence-corrected chi connectivity index (χ2v) is 9.46. The van der Waals surface area contributed by atoms with Crippen molar-refractivity contribution in [3.05, 3.63) is 57.6 Å². The van der Waals surface area contributed by atoms with Crippen molar-refractivity contribution in [2.45, 2.75) is 58.7 Å². The lowest BCUT2D eigenvalue weighted by Gasteiger charge is -2.39. The number of carbonyl (C=O) groups is 2. The summed E-state index contributed by atoms with van der Waals surface area (Å²) in [5.74, 6) is 0.120. The fourth-order valence-electron chi connectivity index (χ4n) is 3.15. The van der Waals surface area contributed by atoms with Crippen LogP contribution in [-0.4, -0.2) is 23.0 Å². The Hall–Kier alpha value is -2.24. The number of hydrogen-bond acceptors (Lipinski definition) is 3. The van der Waals surface area contributed by atoms with E-state index in [2.05, 4.69) is 5.32 Å². The third-order valence-corrected chi connectivity index (χ3v) is 5.90. The maximum absolute atomic E-state index is 13.2. The Morgan fingerprint density at radius 2 is 1.87 bits per heavy atom. The van der Waals surface area contributed by atoms with Gasteiger partial charge in [-0.1, -0.05) is 36.2 Å². The number of hydrogen-bond donors (Lipinski definition) is 1. The number of halogens is 2. The Bertz CT molecular complexity index is 1000. The van der Waals surface area contributed by atoms with Gasteiger partial charge in [0, 0.05) is 21.1 Å². The van der Waals surface area contributed by atoms with Crippen molar-refractivity contribution in [3.8, 4) is 5.75 Å². The number of amides is 2. The largest absolute Gasteiger partial charge is 0.476 e. The normalized spacial score (nSPS) is 15.4. The summed E-state index contributed by atoms with van der Waals surface area (Å²) in [6, 6.07) is 10.3. The molecule has 2 aromatic rings. The minimum absolute atomic E-state index is 0.202. The number of fused-ring (bicyclic) bond motifs is 1. The number of anilines is 1. The van der Waals surface area contributed by atoms with Gasteiger partial charge in [0.2, 0.25) is 0 Å². The number of benzene rings is 2. The molecule has 7 heteroatoms. The smallest absolute Gasteiger partial charge is 0.271 e. The van der Waals surface area contributed by atoms with Gasteiger partial charge in [-0.05, 0) is 70.0 Å². The molecule has 0 fully saturated rings. The van der Waals surface area contributed by atoms with E-state index >= 15 is 0 Å². The third kappa shape index (κ3) is 4.57. The molecule has 30 heavy (non-hydrogen) atoms. The van der Waals surface area contributed by atoms with Crippen LogP contribution in [0.4, 0.5) is 5.69 Å². The maximum atomic E-state index is 13.2. The average molecular weight is 449 g/mol. The van der Waals surface area contributed by atoms with Gasteiger partial charge in [0.1, 0.15) is 5.75 Å². The van der Waals surface area contributed by atoms with E-state index in [0.717, 1.165) is 12.0 Å². The first kappa shape index (κ1) is 22.4. The van der Waals surface area contributed by atoms with Gasteiger partial charge >= 0.3 is 0 Å². The molecule has 0 atom stereocenters. The Morgan fingerprint density at radius 3 is 2.50 bits per heavy atom. The van der Waals surface area contributed by atoms with E-state index in [1.807, 2.05) is 20.8 Å². The zero-order chi connectivity index (χ0) is 22.3. The summed E-state index contributed by atoms with van der Waals surface area (Å²) in [6.07, 6.45) is 0.792. The Morgan fingerprint density at radius 1 is 1.17 bits per heavy atom. The van der Waals surface area contributed by atoms with Crippen LogP contribution in [-0.2, 0) is 11.3 Å². The predicted octanol–water partition coefficient (Wildman–Crippen LogP) is 5.62. The van der Waals surface area contributed by atoms with Crippen LogP contribution >= 0.6 is 23.2 Å². The van der Waals surface area contributed by atoms with Gasteiger partial charge in [-0.25, -0.2) is 0 Å². The molecule has 0 spiro atoms. The molecule has 0 radical (unpaired) electrons. The van der Waals surface area contributed by atoms with Gasteiger partial charge in [-0.3, -0.25) is 9.59 Å². The highest BCUT2D eigenvalue weighted by molar-refractivity contribution is 6.35. The molecule has 1 aliphatic rings. The van der Waals surface area contributed by atoms with Crippen LogP contribution in [0.15, 0.2) is 36.4 Å². The van der Waals surface area contributed by atoms with Crippen molar-refractivity contribution >= 4 is 40.7 Å². The van der Waals surface area contributed by atoms with Crippen molar-refractivity contribution in [3.63, 3.8) is 0 Å². The second-order valence-electron chi connectivity index (χ2n) is 8.61. The molecular weight excluding hydrogens is 423 g/mol. The van der Waals surface area contributed by atoms with Crippen LogP contribution in [0.25, 0.3) is 0 Å². The van der Waals surface area contributed by atoms with E-state index in [4.69, 9.17) is 27.9 Å². The molecule has 1 N–H and O–H groups in total. The predicted molar refractivity (Wildman–Crippen MR) is 121 cm³/mol. The molecule has 1 aliphatic heterocycles. The van der Waals surface area contributed by atoms with E-state index in [1.165, 1.54) is 0 Å². The van der Waals surface area contributed by atoms with E-state index in [9.17, 15) is 9.59 Å². The molecular formula is C23H26Cl2N2O3. The standard InChI is InChI=1S/C23H26Cl2N2O3/c1-6-22(2,3)26-20(28)14-8-10-19-18(11-14)27(21(29)23(4,5)30-19)13-15-7-9-16(24)12-17(15)25/h7-12H,6,13H2,1-5H3,(H,26,28). The van der Waals surface area contributed by atoms with Crippen molar-refractivity contribution in [2.24, 2.45) is 0 Å². The summed E-state index contributed by atoms with van der Waals surface area (Å²) in [5.41, 5.74) is 0.364. The van der Waals surface area contributed by atoms with E-state index in [0.29, 0.717) is 27.0 Å². The quantitative estimate of drug-likeness (QED) is 0.645. The number of nitrogens with zero attached hydrogens (tertiary/aromatic N) is 1. The summed E-state index contributed by atoms with van der Waals surface area (Å²) in [4.78, 5) is 27.6. The van der Waals surface area contributed by atoms with Gasteiger partial charge < -0.3 is 15.0 Å². The summed E-state index contributed by atoms with van der Waals surface area (Å²) >= 11 is 12.4. The summed E-state index contributed by atoms with van der Waals surface area (Å²) < 4.78 is 5.93. The van der Waals surface area contributed by atoms with Crippen molar-refractivity contribution in [1.82, 2.24) is 5.32 Å². The number of nitrogens with one attached hydrogen (secondary N) is 1. The molecule has 0 bridgehead atoms. The number of carbonyl (C=O) groups excluding carboxylic acids is 2. The van der Waals surface area contributed by atoms with E-state index < -0.39 is 5.60 Å². The molecule has 0 saturated heterocycles. The first-order valence-electron chi connectivity index (χ1n) is 9.85. The lowest BCUT2D eigenvalue weighted by atomic mass is 9.99. The Labute approximate surface area is 187 Å². The van der Waals surface area contributed by atoms with Crippen LogP contribution in [0.3, 0.4) is 0 Å². The van der Waals surface area contributed by atoms with Crippen LogP contribution in [0.1, 0.15) is 57.0 Å². The van der Waals surface area contributed by atoms with Crippen LogP contribution in [0.5, 0.6) is 5.75 Å². The molecule has 160 valence electrons. The summed E-state index contributed by atoms with van der Waals surface area (Å²) in [7, 11) is 0. The van der Waals surface area contributed by atoms with Crippen LogP contribution in [0.2, 0.25) is 10.0 Å². The SMILES string of the molecule is CCC(C)(C)NC(=O)c1ccc2c(c1)N(Cc1ccc(Cl)cc1Cl)C(=O)C(C)(C)O2. The molecule has 0 unspecified atom stereocenters. The third-order valence-electron chi connectivity index (χ3n) is 5.32. The molecule has 3 rings (SSSR count). The molecule has 2 amide bonds. The fraction of sp³-hybridized carbons (Fsp3) is 0.391. The van der Waals surface area contributed by atoms with Gasteiger partial charge in [-0.2, -0.15) is 0 Å². The van der Waals surface area contributed by atoms with Gasteiger partial charge in [0.15, 0.2) is 5.60 Å². The van der Waals surface area contributed by atoms with Crippen molar-refractivity contribution < 1.29 is 14.3 Å². The van der Waals surface area contributed by atoms with Gasteiger partial charge in [0.05, 0.1) is 12.2 Å². The van der Waals surface area contributed by atoms with Crippen molar-refractivity contribution in [1.29, 1.82) is 0 Å². The topological polar surface area (TPSA) is 58.6 Å². The second kappa shape index (κ2) is 8.12. The molecule has 5 nitrogen and oxygen atoms in total. The highest BCUT2D eigenvalue weighted by atomic mass is 35.5. The van der Waals surface area contributed by atoms with Gasteiger partial charge in [0.25, 0.3) is 11.8 Å². The monoisotopic (exact) mass is 448 g/mol. The zero-order valence-electron chi connectivity index (χ0n) is 17.8. The minimum atomic E-state index is -1.04. The number of rotatable bonds is 5. The number of ether oxygens (including phenoxy) is 1. The lowest BCUT2D eigenvalue weighted by molar-refractivity contribution is -0.132. The average Bonchev–Trinajstić information content (AvgIpc) is 2.66. The van der Waals surface area contributed by atoms with Crippen molar-refractivity contribution in [2.75, 3.05) is 4.90 Å². The first-order chi connectivity index (χ1) is 13.9. The fourth-order valence-corrected chi connectivity index (χ4v) is 3.62.